The van der Waals surface area contributed by atoms with Crippen LogP contribution >= 0.6 is 0 Å². The number of amides is 1. The van der Waals surface area contributed by atoms with Crippen molar-refractivity contribution in [3.63, 3.8) is 0 Å². The average Bonchev–Trinajstić information content (AvgIpc) is 2.97. The lowest BCUT2D eigenvalue weighted by Gasteiger charge is -2.32. The van der Waals surface area contributed by atoms with Gasteiger partial charge in [-0.3, -0.25) is 14.7 Å². The Bertz CT molecular complexity index is 782. The largest absolute Gasteiger partial charge is 0.385 e. The van der Waals surface area contributed by atoms with Crippen LogP contribution in [0, 0.1) is 12.8 Å². The summed E-state index contributed by atoms with van der Waals surface area (Å²) in [4.78, 5) is 35.3. The van der Waals surface area contributed by atoms with Gasteiger partial charge in [0.2, 0.25) is 0 Å². The summed E-state index contributed by atoms with van der Waals surface area (Å²) < 4.78 is 6.32. The van der Waals surface area contributed by atoms with Crippen LogP contribution in [-0.2, 0) is 4.74 Å². The number of likely N-dealkylation sites (tertiary alicyclic amines) is 1. The number of hydrogen-bond acceptors (Lipinski definition) is 5. The van der Waals surface area contributed by atoms with Crippen molar-refractivity contribution in [1.82, 2.24) is 24.5 Å². The van der Waals surface area contributed by atoms with Crippen molar-refractivity contribution in [2.45, 2.75) is 32.6 Å². The predicted molar refractivity (Wildman–Crippen MR) is 88.1 cm³/mol. The summed E-state index contributed by atoms with van der Waals surface area (Å²) in [7, 11) is 1.70. The molecule has 1 fully saturated rings. The highest BCUT2D eigenvalue weighted by molar-refractivity contribution is 5.93. The lowest BCUT2D eigenvalue weighted by molar-refractivity contribution is 0.0658. The van der Waals surface area contributed by atoms with E-state index in [-0.39, 0.29) is 17.2 Å². The van der Waals surface area contributed by atoms with E-state index < -0.39 is 5.56 Å². The number of ether oxygens (including phenoxy) is 1. The van der Waals surface area contributed by atoms with E-state index in [1.54, 1.807) is 18.9 Å². The van der Waals surface area contributed by atoms with E-state index in [4.69, 9.17) is 4.74 Å². The van der Waals surface area contributed by atoms with E-state index in [0.29, 0.717) is 24.8 Å². The summed E-state index contributed by atoms with van der Waals surface area (Å²) in [6.07, 6.45) is 5.45. The van der Waals surface area contributed by atoms with Crippen molar-refractivity contribution in [3.05, 3.63) is 27.9 Å². The minimum atomic E-state index is -0.396. The van der Waals surface area contributed by atoms with Crippen molar-refractivity contribution < 1.29 is 9.53 Å². The third kappa shape index (κ3) is 3.33. The Morgan fingerprint density at radius 1 is 1.50 bits per heavy atom. The Hall–Kier alpha value is -2.22. The summed E-state index contributed by atoms with van der Waals surface area (Å²) >= 11 is 0. The van der Waals surface area contributed by atoms with Gasteiger partial charge in [-0.15, -0.1) is 0 Å². The maximum absolute atomic E-state index is 12.8. The molecule has 24 heavy (non-hydrogen) atoms. The van der Waals surface area contributed by atoms with E-state index in [9.17, 15) is 9.59 Å². The highest BCUT2D eigenvalue weighted by Gasteiger charge is 2.26. The average molecular weight is 333 g/mol. The first-order valence-electron chi connectivity index (χ1n) is 8.32. The Labute approximate surface area is 139 Å². The number of rotatable bonds is 5. The van der Waals surface area contributed by atoms with Crippen LogP contribution in [0.15, 0.2) is 11.0 Å². The Morgan fingerprint density at radius 3 is 3.12 bits per heavy atom. The molecule has 1 aliphatic rings. The lowest BCUT2D eigenvalue weighted by Crippen LogP contribution is -2.42. The summed E-state index contributed by atoms with van der Waals surface area (Å²) in [6, 6.07) is 0. The molecule has 1 aliphatic heterocycles. The number of nitrogens with zero attached hydrogens (tertiary/aromatic N) is 4. The van der Waals surface area contributed by atoms with Crippen LogP contribution in [0.3, 0.4) is 0 Å². The van der Waals surface area contributed by atoms with Gasteiger partial charge in [0.25, 0.3) is 17.2 Å². The summed E-state index contributed by atoms with van der Waals surface area (Å²) in [5.74, 6) is 1.09. The second kappa shape index (κ2) is 7.12. The molecule has 0 aromatic carbocycles. The topological polar surface area (TPSA) is 92.6 Å². The van der Waals surface area contributed by atoms with Crippen molar-refractivity contribution in [3.8, 4) is 0 Å². The molecule has 1 saturated heterocycles. The van der Waals surface area contributed by atoms with Crippen LogP contribution in [0.1, 0.15) is 41.9 Å². The fourth-order valence-electron chi connectivity index (χ4n) is 3.28. The van der Waals surface area contributed by atoms with Gasteiger partial charge in [-0.05, 0) is 38.5 Å². The standard InChI is InChI=1S/C16H23N5O3/c1-11-18-16-17-9-13(15(23)21(16)19-11)14(22)20-7-3-5-12(10-20)6-4-8-24-2/h9,12H,3-8,10H2,1-2H3,(H,17,18,19)/t12-/m1/s1. The first-order chi connectivity index (χ1) is 11.6. The SMILES string of the molecule is COCCC[C@H]1CCCN(C(=O)c2cnc3nc(C)[nH]n3c2=O)C1. The number of aryl methyl sites for hydroxylation is 1. The Morgan fingerprint density at radius 2 is 2.33 bits per heavy atom. The van der Waals surface area contributed by atoms with Gasteiger partial charge in [-0.1, -0.05) is 0 Å². The second-order valence-corrected chi connectivity index (χ2v) is 6.32. The van der Waals surface area contributed by atoms with Gasteiger partial charge in [-0.25, -0.2) is 4.98 Å². The summed E-state index contributed by atoms with van der Waals surface area (Å²) in [5, 5.41) is 2.81. The molecule has 130 valence electrons. The van der Waals surface area contributed by atoms with Crippen LogP contribution < -0.4 is 5.56 Å². The molecule has 2 aromatic rings. The highest BCUT2D eigenvalue weighted by Crippen LogP contribution is 2.22. The zero-order chi connectivity index (χ0) is 17.1. The maximum Gasteiger partial charge on any atom is 0.286 e. The molecule has 1 atom stereocenters. The van der Waals surface area contributed by atoms with Crippen LogP contribution in [-0.4, -0.2) is 57.2 Å². The van der Waals surface area contributed by atoms with Gasteiger partial charge < -0.3 is 9.64 Å². The van der Waals surface area contributed by atoms with E-state index in [0.717, 1.165) is 32.3 Å². The predicted octanol–water partition coefficient (Wildman–Crippen LogP) is 1.00. The third-order valence-corrected chi connectivity index (χ3v) is 4.48. The van der Waals surface area contributed by atoms with Crippen LogP contribution in [0.25, 0.3) is 5.78 Å². The van der Waals surface area contributed by atoms with E-state index >= 15 is 0 Å². The number of piperidine rings is 1. The molecule has 2 aromatic heterocycles. The smallest absolute Gasteiger partial charge is 0.286 e. The highest BCUT2D eigenvalue weighted by atomic mass is 16.5. The number of hydrogen-bond donors (Lipinski definition) is 1. The minimum absolute atomic E-state index is 0.0914. The molecule has 8 heteroatoms. The van der Waals surface area contributed by atoms with Gasteiger partial charge in [0.05, 0.1) is 0 Å². The zero-order valence-corrected chi connectivity index (χ0v) is 14.1. The normalized spacial score (nSPS) is 18.2. The molecule has 0 saturated carbocycles. The van der Waals surface area contributed by atoms with E-state index in [1.165, 1.54) is 10.7 Å². The fourth-order valence-corrected chi connectivity index (χ4v) is 3.28. The Balaban J connectivity index is 1.76. The molecule has 3 rings (SSSR count). The number of methoxy groups -OCH3 is 1. The number of aromatic nitrogens is 4. The molecule has 0 spiro atoms. The van der Waals surface area contributed by atoms with Gasteiger partial charge >= 0.3 is 0 Å². The number of aromatic amines is 1. The second-order valence-electron chi connectivity index (χ2n) is 6.32. The minimum Gasteiger partial charge on any atom is -0.385 e. The van der Waals surface area contributed by atoms with Gasteiger partial charge in [0, 0.05) is 33.0 Å². The summed E-state index contributed by atoms with van der Waals surface area (Å²) in [6.45, 7) is 3.85. The van der Waals surface area contributed by atoms with E-state index in [1.807, 2.05) is 0 Å². The molecule has 3 heterocycles. The van der Waals surface area contributed by atoms with E-state index in [2.05, 4.69) is 15.1 Å². The van der Waals surface area contributed by atoms with Crippen molar-refractivity contribution in [2.75, 3.05) is 26.8 Å². The first-order valence-corrected chi connectivity index (χ1v) is 8.32. The number of H-pyrrole nitrogens is 1. The molecular weight excluding hydrogens is 310 g/mol. The molecule has 1 amide bonds. The maximum atomic E-state index is 12.8. The monoisotopic (exact) mass is 333 g/mol. The van der Waals surface area contributed by atoms with Gasteiger partial charge in [0.15, 0.2) is 0 Å². The molecule has 0 bridgehead atoms. The summed E-state index contributed by atoms with van der Waals surface area (Å²) in [5.41, 5.74) is -0.305. The number of carbonyl (C=O) groups is 1. The van der Waals surface area contributed by atoms with Crippen LogP contribution in [0.2, 0.25) is 0 Å². The first kappa shape index (κ1) is 16.6. The quantitative estimate of drug-likeness (QED) is 0.824. The molecule has 0 unspecified atom stereocenters. The van der Waals surface area contributed by atoms with Crippen molar-refractivity contribution >= 4 is 11.7 Å². The molecule has 8 nitrogen and oxygen atoms in total. The fraction of sp³-hybridized carbons (Fsp3) is 0.625. The van der Waals surface area contributed by atoms with Crippen LogP contribution in [0.5, 0.6) is 0 Å². The zero-order valence-electron chi connectivity index (χ0n) is 14.1. The lowest BCUT2D eigenvalue weighted by atomic mass is 9.93. The van der Waals surface area contributed by atoms with Gasteiger partial charge in [-0.2, -0.15) is 9.50 Å². The number of nitrogens with one attached hydrogen (secondary N) is 1. The van der Waals surface area contributed by atoms with Gasteiger partial charge in [0.1, 0.15) is 11.4 Å². The van der Waals surface area contributed by atoms with Crippen LogP contribution in [0.4, 0.5) is 0 Å². The van der Waals surface area contributed by atoms with Crippen molar-refractivity contribution in [1.29, 1.82) is 0 Å². The third-order valence-electron chi connectivity index (χ3n) is 4.48. The molecular formula is C16H23N5O3. The number of carbonyl (C=O) groups excluding carboxylic acids is 1. The Kier molecular flexibility index (Phi) is 4.94. The molecule has 0 aliphatic carbocycles. The number of fused-ring (bicyclic) bond motifs is 1. The van der Waals surface area contributed by atoms with Crippen molar-refractivity contribution in [2.24, 2.45) is 5.92 Å². The molecule has 1 N–H and O–H groups in total. The molecule has 0 radical (unpaired) electrons.